The number of thiazole rings is 1. The number of hydrogen-bond acceptors (Lipinski definition) is 7. The molecule has 0 amide bonds. The Morgan fingerprint density at radius 3 is 2.86 bits per heavy atom. The molecule has 0 atom stereocenters. The lowest BCUT2D eigenvalue weighted by molar-refractivity contribution is 0.174. The molecule has 5 rings (SSSR count). The van der Waals surface area contributed by atoms with Crippen LogP contribution in [0.5, 0.6) is 11.5 Å². The molecule has 4 aromatic rings. The smallest absolute Gasteiger partial charge is 0.231 e. The van der Waals surface area contributed by atoms with Crippen molar-refractivity contribution in [3.8, 4) is 22.8 Å². The van der Waals surface area contributed by atoms with Crippen LogP contribution in [-0.4, -0.2) is 35.5 Å². The molecule has 0 unspecified atom stereocenters. The van der Waals surface area contributed by atoms with Crippen LogP contribution in [0.2, 0.25) is 0 Å². The van der Waals surface area contributed by atoms with Crippen molar-refractivity contribution in [1.82, 2.24) is 14.6 Å². The Morgan fingerprint density at radius 2 is 2.00 bits per heavy atom. The SMILES string of the molecule is CN(C)c1cc(F)ccc1-c1csc2nnc(SCc3ccc4c(c3)OCO4)n12. The van der Waals surface area contributed by atoms with Gasteiger partial charge >= 0.3 is 0 Å². The Hall–Kier alpha value is -2.78. The van der Waals surface area contributed by atoms with E-state index in [9.17, 15) is 4.39 Å². The lowest BCUT2D eigenvalue weighted by Gasteiger charge is -2.17. The van der Waals surface area contributed by atoms with Crippen LogP contribution in [0.4, 0.5) is 10.1 Å². The summed E-state index contributed by atoms with van der Waals surface area (Å²) in [4.78, 5) is 2.72. The van der Waals surface area contributed by atoms with Crippen molar-refractivity contribution >= 4 is 33.7 Å². The van der Waals surface area contributed by atoms with Crippen molar-refractivity contribution in [2.45, 2.75) is 10.9 Å². The Morgan fingerprint density at radius 1 is 1.14 bits per heavy atom. The summed E-state index contributed by atoms with van der Waals surface area (Å²) in [6, 6.07) is 10.8. The van der Waals surface area contributed by atoms with Crippen LogP contribution in [0.25, 0.3) is 16.2 Å². The molecule has 0 aliphatic carbocycles. The quantitative estimate of drug-likeness (QED) is 0.430. The number of nitrogens with zero attached hydrogens (tertiary/aromatic N) is 4. The van der Waals surface area contributed by atoms with E-state index in [1.165, 1.54) is 17.4 Å². The minimum absolute atomic E-state index is 0.259. The lowest BCUT2D eigenvalue weighted by Crippen LogP contribution is -2.10. The topological polar surface area (TPSA) is 51.9 Å². The van der Waals surface area contributed by atoms with Crippen molar-refractivity contribution in [2.75, 3.05) is 25.8 Å². The minimum atomic E-state index is -0.259. The van der Waals surface area contributed by atoms with Gasteiger partial charge in [-0.1, -0.05) is 17.8 Å². The zero-order valence-corrected chi connectivity index (χ0v) is 17.4. The molecule has 0 spiro atoms. The first-order chi connectivity index (χ1) is 14.1. The van der Waals surface area contributed by atoms with Gasteiger partial charge in [0, 0.05) is 36.5 Å². The zero-order chi connectivity index (χ0) is 20.0. The molecule has 6 nitrogen and oxygen atoms in total. The van der Waals surface area contributed by atoms with Gasteiger partial charge in [0.25, 0.3) is 0 Å². The van der Waals surface area contributed by atoms with Gasteiger partial charge in [-0.2, -0.15) is 0 Å². The van der Waals surface area contributed by atoms with Gasteiger partial charge < -0.3 is 14.4 Å². The van der Waals surface area contributed by atoms with E-state index in [1.807, 2.05) is 47.0 Å². The van der Waals surface area contributed by atoms with E-state index in [1.54, 1.807) is 23.9 Å². The average Bonchev–Trinajstić information content (AvgIpc) is 3.42. The number of rotatable bonds is 5. The summed E-state index contributed by atoms with van der Waals surface area (Å²) >= 11 is 3.12. The van der Waals surface area contributed by atoms with Gasteiger partial charge in [-0.15, -0.1) is 21.5 Å². The summed E-state index contributed by atoms with van der Waals surface area (Å²) in [5, 5.41) is 11.5. The predicted octanol–water partition coefficient (Wildman–Crippen LogP) is 4.68. The molecule has 1 aliphatic heterocycles. The van der Waals surface area contributed by atoms with Crippen molar-refractivity contribution in [1.29, 1.82) is 0 Å². The second kappa shape index (κ2) is 7.23. The number of halogens is 1. The summed E-state index contributed by atoms with van der Waals surface area (Å²) in [5.74, 6) is 2.01. The number of aromatic nitrogens is 3. The first kappa shape index (κ1) is 18.3. The first-order valence-corrected chi connectivity index (χ1v) is 10.8. The summed E-state index contributed by atoms with van der Waals surface area (Å²) in [5.41, 5.74) is 3.81. The summed E-state index contributed by atoms with van der Waals surface area (Å²) in [6.07, 6.45) is 0. The van der Waals surface area contributed by atoms with Crippen molar-refractivity contribution < 1.29 is 13.9 Å². The third-order valence-electron chi connectivity index (χ3n) is 4.64. The monoisotopic (exact) mass is 428 g/mol. The van der Waals surface area contributed by atoms with Crippen LogP contribution in [0.1, 0.15) is 5.56 Å². The average molecular weight is 429 g/mol. The highest BCUT2D eigenvalue weighted by Crippen LogP contribution is 2.37. The summed E-state index contributed by atoms with van der Waals surface area (Å²) in [6.45, 7) is 0.265. The molecule has 2 aromatic heterocycles. The second-order valence-electron chi connectivity index (χ2n) is 6.75. The number of ether oxygens (including phenoxy) is 2. The molecule has 0 saturated heterocycles. The Bertz CT molecular complexity index is 1200. The number of hydrogen-bond donors (Lipinski definition) is 0. The van der Waals surface area contributed by atoms with Crippen LogP contribution in [0.3, 0.4) is 0 Å². The molecular formula is C20H17FN4O2S2. The maximum absolute atomic E-state index is 13.8. The van der Waals surface area contributed by atoms with E-state index in [0.29, 0.717) is 0 Å². The number of thioether (sulfide) groups is 1. The van der Waals surface area contributed by atoms with Crippen molar-refractivity contribution in [2.24, 2.45) is 0 Å². The fraction of sp³-hybridized carbons (Fsp3) is 0.200. The third-order valence-corrected chi connectivity index (χ3v) is 6.46. The lowest BCUT2D eigenvalue weighted by atomic mass is 10.1. The molecule has 0 radical (unpaired) electrons. The molecule has 148 valence electrons. The molecule has 9 heteroatoms. The van der Waals surface area contributed by atoms with Gasteiger partial charge in [0.15, 0.2) is 16.7 Å². The van der Waals surface area contributed by atoms with Gasteiger partial charge in [0.2, 0.25) is 11.8 Å². The van der Waals surface area contributed by atoms with Gasteiger partial charge in [-0.25, -0.2) is 4.39 Å². The molecule has 2 aromatic carbocycles. The van der Waals surface area contributed by atoms with Crippen molar-refractivity contribution in [3.05, 3.63) is 53.2 Å². The van der Waals surface area contributed by atoms with E-state index in [0.717, 1.165) is 49.9 Å². The Kier molecular flexibility index (Phi) is 4.56. The normalized spacial score (nSPS) is 12.7. The fourth-order valence-corrected chi connectivity index (χ4v) is 5.02. The van der Waals surface area contributed by atoms with Crippen LogP contribution in [-0.2, 0) is 5.75 Å². The van der Waals surface area contributed by atoms with E-state index >= 15 is 0 Å². The highest BCUT2D eigenvalue weighted by molar-refractivity contribution is 7.98. The van der Waals surface area contributed by atoms with Gasteiger partial charge in [-0.05, 0) is 35.9 Å². The maximum Gasteiger partial charge on any atom is 0.231 e. The van der Waals surface area contributed by atoms with E-state index in [2.05, 4.69) is 10.2 Å². The largest absolute Gasteiger partial charge is 0.454 e. The highest BCUT2D eigenvalue weighted by Gasteiger charge is 2.18. The Labute approximate surface area is 174 Å². The minimum Gasteiger partial charge on any atom is -0.454 e. The number of benzene rings is 2. The molecule has 3 heterocycles. The maximum atomic E-state index is 13.8. The second-order valence-corrected chi connectivity index (χ2v) is 8.53. The standard InChI is InChI=1S/C20H17FN4O2S2/c1-24(2)15-8-13(21)4-5-14(15)16-10-29-20-23-22-19(25(16)20)28-9-12-3-6-17-18(7-12)27-11-26-17/h3-8,10H,9,11H2,1-2H3. The molecule has 0 fully saturated rings. The number of fused-ring (bicyclic) bond motifs is 2. The Balaban J connectivity index is 1.49. The van der Waals surface area contributed by atoms with Crippen LogP contribution >= 0.6 is 23.1 Å². The van der Waals surface area contributed by atoms with Gasteiger partial charge in [-0.3, -0.25) is 4.40 Å². The zero-order valence-electron chi connectivity index (χ0n) is 15.8. The van der Waals surface area contributed by atoms with E-state index in [-0.39, 0.29) is 12.6 Å². The highest BCUT2D eigenvalue weighted by atomic mass is 32.2. The molecule has 0 N–H and O–H groups in total. The molecule has 0 saturated carbocycles. The fourth-order valence-electron chi connectivity index (χ4n) is 3.25. The third kappa shape index (κ3) is 3.30. The van der Waals surface area contributed by atoms with Crippen LogP contribution < -0.4 is 14.4 Å². The molecule has 0 bridgehead atoms. The molecular weight excluding hydrogens is 411 g/mol. The van der Waals surface area contributed by atoms with E-state index in [4.69, 9.17) is 9.47 Å². The molecule has 29 heavy (non-hydrogen) atoms. The summed E-state index contributed by atoms with van der Waals surface area (Å²) < 4.78 is 26.7. The predicted molar refractivity (Wildman–Crippen MR) is 113 cm³/mol. The van der Waals surface area contributed by atoms with Crippen LogP contribution in [0.15, 0.2) is 46.9 Å². The molecule has 1 aliphatic rings. The van der Waals surface area contributed by atoms with E-state index < -0.39 is 0 Å². The van der Waals surface area contributed by atoms with Crippen LogP contribution in [0, 0.1) is 5.82 Å². The van der Waals surface area contributed by atoms with Crippen molar-refractivity contribution in [3.63, 3.8) is 0 Å². The van der Waals surface area contributed by atoms with Gasteiger partial charge in [0.05, 0.1) is 5.69 Å². The number of anilines is 1. The van der Waals surface area contributed by atoms with Gasteiger partial charge in [0.1, 0.15) is 5.82 Å². The summed E-state index contributed by atoms with van der Waals surface area (Å²) in [7, 11) is 3.81. The first-order valence-electron chi connectivity index (χ1n) is 8.91.